The maximum atomic E-state index is 5.60. The molecule has 0 amide bonds. The van der Waals surface area contributed by atoms with E-state index in [4.69, 9.17) is 11.6 Å². The van der Waals surface area contributed by atoms with Crippen molar-refractivity contribution >= 4 is 17.4 Å². The van der Waals surface area contributed by atoms with E-state index >= 15 is 0 Å². The van der Waals surface area contributed by atoms with Crippen LogP contribution in [0.3, 0.4) is 0 Å². The largest absolute Gasteiger partial charge is 0.256 e. The summed E-state index contributed by atoms with van der Waals surface area (Å²) >= 11 is 5.60. The summed E-state index contributed by atoms with van der Waals surface area (Å²) in [6.07, 6.45) is 0. The maximum absolute atomic E-state index is 5.60. The minimum atomic E-state index is 0.337. The maximum Gasteiger partial charge on any atom is 0.196 e. The normalized spacial score (nSPS) is 10.9. The number of hydrogen-bond acceptors (Lipinski definition) is 5. The van der Waals surface area contributed by atoms with Gasteiger partial charge in [-0.15, -0.1) is 15.3 Å². The van der Waals surface area contributed by atoms with Crippen LogP contribution in [0.15, 0.2) is 40.6 Å². The molecular weight excluding hydrogens is 238 g/mol. The number of halogens is 1. The third-order valence-corrected chi connectivity index (χ3v) is 2.17. The van der Waals surface area contributed by atoms with Crippen LogP contribution in [0.2, 0.25) is 5.15 Å². The Bertz CT molecular complexity index is 524. The number of aryl methyl sites for hydroxylation is 1. The van der Waals surface area contributed by atoms with Crippen LogP contribution in [0, 0.1) is 6.92 Å². The Morgan fingerprint density at radius 1 is 1.18 bits per heavy atom. The van der Waals surface area contributed by atoms with Crippen LogP contribution in [0.4, 0.5) is 5.82 Å². The van der Waals surface area contributed by atoms with Crippen LogP contribution >= 0.6 is 11.6 Å². The second-order valence-electron chi connectivity index (χ2n) is 3.38. The van der Waals surface area contributed by atoms with Gasteiger partial charge in [0, 0.05) is 5.69 Å². The molecule has 0 aromatic carbocycles. The molecule has 0 fully saturated rings. The molecule has 2 rings (SSSR count). The Hall–Kier alpha value is -1.88. The highest BCUT2D eigenvalue weighted by atomic mass is 35.5. The Morgan fingerprint density at radius 2 is 2.06 bits per heavy atom. The molecule has 2 aromatic rings. The molecule has 0 aliphatic heterocycles. The fourth-order valence-corrected chi connectivity index (χ4v) is 1.33. The van der Waals surface area contributed by atoms with E-state index in [0.717, 1.165) is 11.4 Å². The molecule has 0 aliphatic rings. The van der Waals surface area contributed by atoms with Gasteiger partial charge in [-0.2, -0.15) is 5.11 Å². The number of aromatic nitrogens is 3. The van der Waals surface area contributed by atoms with Gasteiger partial charge in [0.05, 0.1) is 5.69 Å². The summed E-state index contributed by atoms with van der Waals surface area (Å²) in [5, 5.41) is 15.7. The molecule has 2 aromatic heterocycles. The Labute approximate surface area is 104 Å². The van der Waals surface area contributed by atoms with Gasteiger partial charge < -0.3 is 0 Å². The van der Waals surface area contributed by atoms with Gasteiger partial charge in [0.1, 0.15) is 6.54 Å². The van der Waals surface area contributed by atoms with Crippen molar-refractivity contribution in [3.05, 3.63) is 46.9 Å². The van der Waals surface area contributed by atoms with Gasteiger partial charge in [0.2, 0.25) is 0 Å². The summed E-state index contributed by atoms with van der Waals surface area (Å²) in [4.78, 5) is 4.31. The Morgan fingerprint density at radius 3 is 2.76 bits per heavy atom. The number of azo groups is 1. The molecule has 5 nitrogen and oxygen atoms in total. The summed E-state index contributed by atoms with van der Waals surface area (Å²) in [5.41, 5.74) is 1.83. The molecule has 0 aliphatic carbocycles. The van der Waals surface area contributed by atoms with Crippen molar-refractivity contribution in [1.82, 2.24) is 15.2 Å². The Kier molecular flexibility index (Phi) is 3.72. The van der Waals surface area contributed by atoms with E-state index in [1.807, 2.05) is 25.1 Å². The first-order valence-corrected chi connectivity index (χ1v) is 5.41. The van der Waals surface area contributed by atoms with Gasteiger partial charge in [-0.3, -0.25) is 4.98 Å². The molecule has 0 N–H and O–H groups in total. The monoisotopic (exact) mass is 247 g/mol. The van der Waals surface area contributed by atoms with Crippen molar-refractivity contribution in [2.75, 3.05) is 0 Å². The van der Waals surface area contributed by atoms with Crippen LogP contribution in [-0.2, 0) is 6.54 Å². The van der Waals surface area contributed by atoms with Crippen molar-refractivity contribution in [2.45, 2.75) is 13.5 Å². The number of rotatable bonds is 3. The molecule has 86 valence electrons. The average molecular weight is 248 g/mol. The lowest BCUT2D eigenvalue weighted by molar-refractivity contribution is 0.884. The van der Waals surface area contributed by atoms with E-state index in [-0.39, 0.29) is 0 Å². The first-order valence-electron chi connectivity index (χ1n) is 5.03. The SMILES string of the molecule is Cc1cccc(CN=Nc2ccc(Cl)nn2)n1. The summed E-state index contributed by atoms with van der Waals surface area (Å²) in [7, 11) is 0. The molecule has 2 heterocycles. The van der Waals surface area contributed by atoms with Crippen molar-refractivity contribution < 1.29 is 0 Å². The standard InChI is InChI=1S/C11H10ClN5/c1-8-3-2-4-9(14-8)7-13-16-11-6-5-10(12)15-17-11/h2-6H,7H2,1H3. The van der Waals surface area contributed by atoms with E-state index in [0.29, 0.717) is 17.5 Å². The second kappa shape index (κ2) is 5.45. The quantitative estimate of drug-likeness (QED) is 0.783. The average Bonchev–Trinajstić information content (AvgIpc) is 2.32. The van der Waals surface area contributed by atoms with Gasteiger partial charge >= 0.3 is 0 Å². The predicted molar refractivity (Wildman–Crippen MR) is 64.2 cm³/mol. The Balaban J connectivity index is 2.00. The van der Waals surface area contributed by atoms with Crippen LogP contribution in [-0.4, -0.2) is 15.2 Å². The van der Waals surface area contributed by atoms with Gasteiger partial charge in [-0.05, 0) is 31.2 Å². The molecule has 0 unspecified atom stereocenters. The summed E-state index contributed by atoms with van der Waals surface area (Å²) in [5.74, 6) is 0.432. The summed E-state index contributed by atoms with van der Waals surface area (Å²) in [6.45, 7) is 2.36. The number of hydrogen-bond donors (Lipinski definition) is 0. The number of pyridine rings is 1. The van der Waals surface area contributed by atoms with E-state index < -0.39 is 0 Å². The van der Waals surface area contributed by atoms with Gasteiger partial charge in [-0.1, -0.05) is 17.7 Å². The molecule has 0 spiro atoms. The van der Waals surface area contributed by atoms with Crippen LogP contribution in [0.5, 0.6) is 0 Å². The topological polar surface area (TPSA) is 63.4 Å². The lowest BCUT2D eigenvalue weighted by Gasteiger charge is -1.96. The highest BCUT2D eigenvalue weighted by Crippen LogP contribution is 2.10. The minimum Gasteiger partial charge on any atom is -0.256 e. The second-order valence-corrected chi connectivity index (χ2v) is 3.77. The lowest BCUT2D eigenvalue weighted by atomic mass is 10.3. The zero-order valence-electron chi connectivity index (χ0n) is 9.21. The molecule has 0 saturated heterocycles. The third kappa shape index (κ3) is 3.57. The summed E-state index contributed by atoms with van der Waals surface area (Å²) < 4.78 is 0. The molecule has 0 atom stereocenters. The van der Waals surface area contributed by atoms with Crippen LogP contribution in [0.25, 0.3) is 0 Å². The minimum absolute atomic E-state index is 0.337. The molecule has 0 bridgehead atoms. The van der Waals surface area contributed by atoms with E-state index in [2.05, 4.69) is 25.4 Å². The summed E-state index contributed by atoms with van der Waals surface area (Å²) in [6, 6.07) is 9.05. The van der Waals surface area contributed by atoms with Crippen molar-refractivity contribution in [2.24, 2.45) is 10.2 Å². The van der Waals surface area contributed by atoms with Crippen molar-refractivity contribution in [1.29, 1.82) is 0 Å². The highest BCUT2D eigenvalue weighted by Gasteiger charge is 1.95. The van der Waals surface area contributed by atoms with Gasteiger partial charge in [0.25, 0.3) is 0 Å². The predicted octanol–water partition coefficient (Wildman–Crippen LogP) is 3.12. The molecule has 6 heteroatoms. The molecule has 0 saturated carbocycles. The fraction of sp³-hybridized carbons (Fsp3) is 0.182. The molecule has 17 heavy (non-hydrogen) atoms. The molecular formula is C11H10ClN5. The van der Waals surface area contributed by atoms with E-state index in [9.17, 15) is 0 Å². The first kappa shape index (κ1) is 11.6. The van der Waals surface area contributed by atoms with Crippen molar-refractivity contribution in [3.63, 3.8) is 0 Å². The van der Waals surface area contributed by atoms with Crippen LogP contribution < -0.4 is 0 Å². The van der Waals surface area contributed by atoms with Gasteiger partial charge in [-0.25, -0.2) is 0 Å². The highest BCUT2D eigenvalue weighted by molar-refractivity contribution is 6.29. The van der Waals surface area contributed by atoms with Crippen molar-refractivity contribution in [3.8, 4) is 0 Å². The zero-order chi connectivity index (χ0) is 12.1. The fourth-order valence-electron chi connectivity index (χ4n) is 1.23. The van der Waals surface area contributed by atoms with E-state index in [1.54, 1.807) is 12.1 Å². The third-order valence-electron chi connectivity index (χ3n) is 1.97. The van der Waals surface area contributed by atoms with Gasteiger partial charge in [0.15, 0.2) is 11.0 Å². The lowest BCUT2D eigenvalue weighted by Crippen LogP contribution is -1.88. The molecule has 0 radical (unpaired) electrons. The number of nitrogens with zero attached hydrogens (tertiary/aromatic N) is 5. The van der Waals surface area contributed by atoms with E-state index in [1.165, 1.54) is 0 Å². The zero-order valence-corrected chi connectivity index (χ0v) is 9.96. The smallest absolute Gasteiger partial charge is 0.196 e. The first-order chi connectivity index (χ1) is 8.24. The van der Waals surface area contributed by atoms with Crippen LogP contribution in [0.1, 0.15) is 11.4 Å².